The molecule has 1 aromatic carbocycles. The molecule has 0 saturated heterocycles. The molecule has 0 radical (unpaired) electrons. The van der Waals surface area contributed by atoms with Crippen molar-refractivity contribution in [3.05, 3.63) is 65.3 Å². The molecule has 8 nitrogen and oxygen atoms in total. The number of hydrogen-bond acceptors (Lipinski definition) is 8. The maximum absolute atomic E-state index is 12.8. The highest BCUT2D eigenvalue weighted by atomic mass is 32.2. The van der Waals surface area contributed by atoms with E-state index in [4.69, 9.17) is 4.52 Å². The van der Waals surface area contributed by atoms with Crippen molar-refractivity contribution in [1.29, 1.82) is 0 Å². The largest absolute Gasteiger partial charge is 0.355 e. The van der Waals surface area contributed by atoms with Crippen molar-refractivity contribution >= 4 is 32.2 Å². The van der Waals surface area contributed by atoms with Crippen LogP contribution in [0, 0.1) is 6.92 Å². The number of rotatable bonds is 5. The molecular formula is C20H16N4O4S2. The summed E-state index contributed by atoms with van der Waals surface area (Å²) < 4.78 is 29.4. The van der Waals surface area contributed by atoms with Crippen LogP contribution >= 0.6 is 11.3 Å². The minimum absolute atomic E-state index is 0.0536. The fourth-order valence-electron chi connectivity index (χ4n) is 2.87. The maximum atomic E-state index is 12.8. The van der Waals surface area contributed by atoms with Crippen LogP contribution in [-0.4, -0.2) is 35.7 Å². The number of aromatic nitrogens is 3. The van der Waals surface area contributed by atoms with Gasteiger partial charge in [-0.2, -0.15) is 0 Å². The van der Waals surface area contributed by atoms with Gasteiger partial charge in [-0.1, -0.05) is 23.4 Å². The molecule has 0 saturated carbocycles. The van der Waals surface area contributed by atoms with Gasteiger partial charge >= 0.3 is 0 Å². The number of carbonyl (C=O) groups excluding carboxylic acids is 1. The lowest BCUT2D eigenvalue weighted by atomic mass is 10.1. The Balaban J connectivity index is 1.63. The Morgan fingerprint density at radius 3 is 2.63 bits per heavy atom. The van der Waals surface area contributed by atoms with Gasteiger partial charge in [0.1, 0.15) is 11.3 Å². The third kappa shape index (κ3) is 4.00. The van der Waals surface area contributed by atoms with E-state index in [-0.39, 0.29) is 21.8 Å². The zero-order valence-corrected chi connectivity index (χ0v) is 17.6. The molecule has 0 aliphatic rings. The zero-order chi connectivity index (χ0) is 21.3. The number of carbonyl (C=O) groups is 1. The monoisotopic (exact) mass is 440 g/mol. The predicted octanol–water partition coefficient (Wildman–Crippen LogP) is 3.82. The van der Waals surface area contributed by atoms with E-state index in [2.05, 4.69) is 20.4 Å². The van der Waals surface area contributed by atoms with E-state index in [1.54, 1.807) is 23.6 Å². The summed E-state index contributed by atoms with van der Waals surface area (Å²) in [5.74, 6) is -0.432. The number of nitrogens with zero attached hydrogens (tertiary/aromatic N) is 3. The summed E-state index contributed by atoms with van der Waals surface area (Å²) >= 11 is 1.25. The molecule has 152 valence electrons. The van der Waals surface area contributed by atoms with Crippen LogP contribution in [0.1, 0.15) is 16.1 Å². The Morgan fingerprint density at radius 2 is 1.87 bits per heavy atom. The number of amides is 1. The van der Waals surface area contributed by atoms with Crippen LogP contribution in [0.3, 0.4) is 0 Å². The Hall–Kier alpha value is -3.37. The highest BCUT2D eigenvalue weighted by molar-refractivity contribution is 7.90. The van der Waals surface area contributed by atoms with Crippen LogP contribution in [0.2, 0.25) is 0 Å². The van der Waals surface area contributed by atoms with Crippen LogP contribution in [-0.2, 0) is 9.84 Å². The second kappa shape index (κ2) is 7.81. The fraction of sp³-hybridized carbons (Fsp3) is 0.100. The zero-order valence-electron chi connectivity index (χ0n) is 16.0. The second-order valence-corrected chi connectivity index (χ2v) is 9.34. The van der Waals surface area contributed by atoms with Crippen molar-refractivity contribution in [1.82, 2.24) is 15.1 Å². The van der Waals surface area contributed by atoms with Gasteiger partial charge in [0, 0.05) is 22.9 Å². The molecule has 1 N–H and O–H groups in total. The van der Waals surface area contributed by atoms with Crippen molar-refractivity contribution in [3.8, 4) is 22.7 Å². The molecule has 1 amide bonds. The van der Waals surface area contributed by atoms with Crippen LogP contribution in [0.4, 0.5) is 5.13 Å². The first-order chi connectivity index (χ1) is 14.3. The third-order valence-corrected chi connectivity index (χ3v) is 6.13. The SMILES string of the molecule is Cc1cccc(-c2csc(NC(=O)c3cnoc3-c3ccccc3S(C)(=O)=O)n2)n1. The summed E-state index contributed by atoms with van der Waals surface area (Å²) in [6, 6.07) is 11.9. The molecule has 30 heavy (non-hydrogen) atoms. The van der Waals surface area contributed by atoms with Gasteiger partial charge < -0.3 is 4.52 Å². The molecule has 0 unspecified atom stereocenters. The quantitative estimate of drug-likeness (QED) is 0.501. The molecular weight excluding hydrogens is 424 g/mol. The number of hydrogen-bond donors (Lipinski definition) is 1. The van der Waals surface area contributed by atoms with E-state index in [9.17, 15) is 13.2 Å². The van der Waals surface area contributed by atoms with Crippen LogP contribution in [0.5, 0.6) is 0 Å². The van der Waals surface area contributed by atoms with Gasteiger partial charge in [0.15, 0.2) is 20.7 Å². The highest BCUT2D eigenvalue weighted by Crippen LogP contribution is 2.31. The fourth-order valence-corrected chi connectivity index (χ4v) is 4.46. The topological polar surface area (TPSA) is 115 Å². The van der Waals surface area contributed by atoms with E-state index in [0.29, 0.717) is 16.5 Å². The van der Waals surface area contributed by atoms with Gasteiger partial charge in [-0.3, -0.25) is 15.1 Å². The number of sulfone groups is 1. The maximum Gasteiger partial charge on any atom is 0.263 e. The molecule has 0 spiro atoms. The molecule has 3 heterocycles. The van der Waals surface area contributed by atoms with Crippen LogP contribution < -0.4 is 5.32 Å². The minimum atomic E-state index is -3.53. The van der Waals surface area contributed by atoms with E-state index in [1.807, 2.05) is 25.1 Å². The summed E-state index contributed by atoms with van der Waals surface area (Å²) in [5.41, 5.74) is 2.60. The number of anilines is 1. The van der Waals surface area contributed by atoms with Crippen molar-refractivity contribution in [2.24, 2.45) is 0 Å². The van der Waals surface area contributed by atoms with Crippen LogP contribution in [0.25, 0.3) is 22.7 Å². The molecule has 4 aromatic rings. The van der Waals surface area contributed by atoms with Crippen molar-refractivity contribution in [2.75, 3.05) is 11.6 Å². The number of thiazole rings is 1. The first-order valence-corrected chi connectivity index (χ1v) is 11.5. The van der Waals surface area contributed by atoms with Crippen molar-refractivity contribution in [2.45, 2.75) is 11.8 Å². The molecule has 0 atom stereocenters. The summed E-state index contributed by atoms with van der Waals surface area (Å²) in [4.78, 5) is 21.7. The van der Waals surface area contributed by atoms with Gasteiger partial charge in [0.25, 0.3) is 5.91 Å². The van der Waals surface area contributed by atoms with Crippen molar-refractivity contribution < 1.29 is 17.7 Å². The Kier molecular flexibility index (Phi) is 5.18. The Labute approximate surface area is 176 Å². The molecule has 0 aliphatic carbocycles. The Bertz CT molecular complexity index is 1340. The van der Waals surface area contributed by atoms with Crippen molar-refractivity contribution in [3.63, 3.8) is 0 Å². The third-order valence-electron chi connectivity index (χ3n) is 4.22. The smallest absolute Gasteiger partial charge is 0.263 e. The molecule has 0 aliphatic heterocycles. The van der Waals surface area contributed by atoms with E-state index < -0.39 is 15.7 Å². The number of pyridine rings is 1. The molecule has 0 fully saturated rings. The van der Waals surface area contributed by atoms with Gasteiger partial charge in [0.2, 0.25) is 0 Å². The number of aryl methyl sites for hydroxylation is 1. The van der Waals surface area contributed by atoms with Gasteiger partial charge in [-0.15, -0.1) is 11.3 Å². The van der Waals surface area contributed by atoms with Gasteiger partial charge in [-0.25, -0.2) is 13.4 Å². The number of benzene rings is 1. The van der Waals surface area contributed by atoms with E-state index in [0.717, 1.165) is 11.9 Å². The van der Waals surface area contributed by atoms with Gasteiger partial charge in [-0.05, 0) is 31.2 Å². The molecule has 3 aromatic heterocycles. The van der Waals surface area contributed by atoms with E-state index in [1.165, 1.54) is 23.6 Å². The molecule has 4 rings (SSSR count). The lowest BCUT2D eigenvalue weighted by Gasteiger charge is -2.06. The average molecular weight is 441 g/mol. The number of nitrogens with one attached hydrogen (secondary N) is 1. The lowest BCUT2D eigenvalue weighted by molar-refractivity contribution is 0.102. The highest BCUT2D eigenvalue weighted by Gasteiger charge is 2.24. The molecule has 10 heteroatoms. The summed E-state index contributed by atoms with van der Waals surface area (Å²) in [5, 5.41) is 8.57. The van der Waals surface area contributed by atoms with Crippen LogP contribution in [0.15, 0.2) is 63.5 Å². The predicted molar refractivity (Wildman–Crippen MR) is 113 cm³/mol. The molecule has 0 bridgehead atoms. The summed E-state index contributed by atoms with van der Waals surface area (Å²) in [6.45, 7) is 1.89. The Morgan fingerprint density at radius 1 is 1.07 bits per heavy atom. The lowest BCUT2D eigenvalue weighted by Crippen LogP contribution is -2.12. The first kappa shape index (κ1) is 19.9. The standard InChI is InChI=1S/C20H16N4O4S2/c1-12-6-5-8-15(22-12)16-11-29-20(23-16)24-19(25)14-10-21-28-18(14)13-7-3-4-9-17(13)30(2,26)27/h3-11H,1-2H3,(H,23,24,25). The summed E-state index contributed by atoms with van der Waals surface area (Å²) in [6.07, 6.45) is 2.35. The van der Waals surface area contributed by atoms with Gasteiger partial charge in [0.05, 0.1) is 16.8 Å². The van der Waals surface area contributed by atoms with E-state index >= 15 is 0 Å². The average Bonchev–Trinajstić information content (AvgIpc) is 3.37. The first-order valence-electron chi connectivity index (χ1n) is 8.78. The normalized spacial score (nSPS) is 11.4. The second-order valence-electron chi connectivity index (χ2n) is 6.49. The summed E-state index contributed by atoms with van der Waals surface area (Å²) in [7, 11) is -3.53. The minimum Gasteiger partial charge on any atom is -0.355 e.